The van der Waals surface area contributed by atoms with Crippen molar-refractivity contribution in [2.24, 2.45) is 0 Å². The molecule has 0 saturated carbocycles. The van der Waals surface area contributed by atoms with Gasteiger partial charge in [-0.1, -0.05) is 62.7 Å². The van der Waals surface area contributed by atoms with Crippen LogP contribution in [0.15, 0.2) is 54.6 Å². The lowest BCUT2D eigenvalue weighted by Crippen LogP contribution is -2.49. The third kappa shape index (κ3) is 8.29. The highest BCUT2D eigenvalue weighted by Gasteiger charge is 2.28. The van der Waals surface area contributed by atoms with E-state index >= 15 is 0 Å². The van der Waals surface area contributed by atoms with Crippen LogP contribution in [0.2, 0.25) is 0 Å². The molecule has 0 heterocycles. The topological polar surface area (TPSA) is 58.6 Å². The van der Waals surface area contributed by atoms with E-state index in [1.807, 2.05) is 49.4 Å². The van der Waals surface area contributed by atoms with Gasteiger partial charge in [-0.25, -0.2) is 0 Å². The van der Waals surface area contributed by atoms with Crippen molar-refractivity contribution in [2.45, 2.75) is 51.4 Å². The van der Waals surface area contributed by atoms with Crippen molar-refractivity contribution in [3.8, 4) is 5.75 Å². The van der Waals surface area contributed by atoms with E-state index < -0.39 is 6.04 Å². The average Bonchev–Trinajstić information content (AvgIpc) is 2.80. The Morgan fingerprint density at radius 1 is 1.06 bits per heavy atom. The Kier molecular flexibility index (Phi) is 11.0. The highest BCUT2D eigenvalue weighted by Crippen LogP contribution is 2.19. The first-order valence-electron chi connectivity index (χ1n) is 10.9. The standard InChI is InChI=1S/C25H34N2O3S/c1-4-6-15-26-25(29)23(5-2)27(17-21-13-10-14-22(16-21)30-3)24(28)19-31-18-20-11-8-7-9-12-20/h7-14,16,23H,4-6,15,17-19H2,1-3H3,(H,26,29)/t23-/m1/s1. The monoisotopic (exact) mass is 442 g/mol. The third-order valence-electron chi connectivity index (χ3n) is 5.04. The van der Waals surface area contributed by atoms with Crippen LogP contribution in [0, 0.1) is 0 Å². The van der Waals surface area contributed by atoms with E-state index in [0.717, 1.165) is 29.9 Å². The number of unbranched alkanes of at least 4 members (excludes halogenated alkanes) is 1. The number of nitrogens with zero attached hydrogens (tertiary/aromatic N) is 1. The van der Waals surface area contributed by atoms with Crippen molar-refractivity contribution in [3.05, 3.63) is 65.7 Å². The Morgan fingerprint density at radius 3 is 2.48 bits per heavy atom. The zero-order valence-electron chi connectivity index (χ0n) is 18.8. The summed E-state index contributed by atoms with van der Waals surface area (Å²) in [6, 6.07) is 17.3. The minimum atomic E-state index is -0.493. The Bertz CT molecular complexity index is 813. The van der Waals surface area contributed by atoms with E-state index in [-0.39, 0.29) is 11.8 Å². The largest absolute Gasteiger partial charge is 0.497 e. The molecule has 1 atom stereocenters. The van der Waals surface area contributed by atoms with Gasteiger partial charge in [-0.3, -0.25) is 9.59 Å². The SMILES string of the molecule is CCCCNC(=O)[C@@H](CC)N(Cc1cccc(OC)c1)C(=O)CSCc1ccccc1. The maximum atomic E-state index is 13.2. The second-order valence-corrected chi connectivity index (χ2v) is 8.41. The highest BCUT2D eigenvalue weighted by atomic mass is 32.2. The second-order valence-electron chi connectivity index (χ2n) is 7.42. The van der Waals surface area contributed by atoms with Gasteiger partial charge in [0.15, 0.2) is 0 Å². The molecular weight excluding hydrogens is 408 g/mol. The van der Waals surface area contributed by atoms with Crippen molar-refractivity contribution in [3.63, 3.8) is 0 Å². The maximum Gasteiger partial charge on any atom is 0.242 e. The molecule has 0 aliphatic carbocycles. The molecule has 168 valence electrons. The first-order valence-corrected chi connectivity index (χ1v) is 12.1. The average molecular weight is 443 g/mol. The molecule has 0 fully saturated rings. The van der Waals surface area contributed by atoms with Gasteiger partial charge in [0, 0.05) is 18.8 Å². The Balaban J connectivity index is 2.12. The van der Waals surface area contributed by atoms with E-state index in [1.165, 1.54) is 5.56 Å². The first-order chi connectivity index (χ1) is 15.1. The fourth-order valence-electron chi connectivity index (χ4n) is 3.31. The van der Waals surface area contributed by atoms with Crippen LogP contribution in [0.25, 0.3) is 0 Å². The molecule has 0 aliphatic rings. The fraction of sp³-hybridized carbons (Fsp3) is 0.440. The molecule has 0 spiro atoms. The summed E-state index contributed by atoms with van der Waals surface area (Å²) in [5.74, 6) is 1.72. The van der Waals surface area contributed by atoms with Gasteiger partial charge >= 0.3 is 0 Å². The number of carbonyl (C=O) groups is 2. The van der Waals surface area contributed by atoms with Crippen LogP contribution in [-0.2, 0) is 21.9 Å². The van der Waals surface area contributed by atoms with E-state index in [0.29, 0.717) is 25.3 Å². The number of hydrogen-bond acceptors (Lipinski definition) is 4. The quantitative estimate of drug-likeness (QED) is 0.459. The normalized spacial score (nSPS) is 11.6. The van der Waals surface area contributed by atoms with Crippen molar-refractivity contribution in [1.29, 1.82) is 0 Å². The number of nitrogens with one attached hydrogen (secondary N) is 1. The van der Waals surface area contributed by atoms with Crippen LogP contribution >= 0.6 is 11.8 Å². The van der Waals surface area contributed by atoms with Crippen LogP contribution in [-0.4, -0.2) is 42.2 Å². The molecule has 2 amide bonds. The molecule has 2 aromatic rings. The summed E-state index contributed by atoms with van der Waals surface area (Å²) in [5.41, 5.74) is 2.13. The van der Waals surface area contributed by atoms with E-state index in [2.05, 4.69) is 24.4 Å². The number of ether oxygens (including phenoxy) is 1. The van der Waals surface area contributed by atoms with Crippen molar-refractivity contribution in [1.82, 2.24) is 10.2 Å². The molecule has 0 saturated heterocycles. The minimum absolute atomic E-state index is 0.0266. The van der Waals surface area contributed by atoms with E-state index in [9.17, 15) is 9.59 Å². The van der Waals surface area contributed by atoms with E-state index in [4.69, 9.17) is 4.74 Å². The van der Waals surface area contributed by atoms with Gasteiger partial charge in [-0.15, -0.1) is 11.8 Å². The van der Waals surface area contributed by atoms with Crippen LogP contribution in [0.5, 0.6) is 5.75 Å². The Labute approximate surface area is 190 Å². The highest BCUT2D eigenvalue weighted by molar-refractivity contribution is 7.99. The van der Waals surface area contributed by atoms with Crippen LogP contribution in [0.3, 0.4) is 0 Å². The van der Waals surface area contributed by atoms with Gasteiger partial charge in [0.1, 0.15) is 11.8 Å². The predicted molar refractivity (Wildman–Crippen MR) is 128 cm³/mol. The first kappa shape index (κ1) is 24.8. The predicted octanol–water partition coefficient (Wildman–Crippen LogP) is 4.65. The molecule has 2 aromatic carbocycles. The lowest BCUT2D eigenvalue weighted by Gasteiger charge is -2.30. The summed E-state index contributed by atoms with van der Waals surface area (Å²) in [5, 5.41) is 3.00. The number of thioether (sulfide) groups is 1. The van der Waals surface area contributed by atoms with Gasteiger partial charge in [-0.2, -0.15) is 0 Å². The minimum Gasteiger partial charge on any atom is -0.497 e. The summed E-state index contributed by atoms with van der Waals surface area (Å²) >= 11 is 1.57. The number of hydrogen-bond donors (Lipinski definition) is 1. The molecule has 0 aromatic heterocycles. The summed E-state index contributed by atoms with van der Waals surface area (Å²) in [4.78, 5) is 27.8. The second kappa shape index (κ2) is 13.8. The number of rotatable bonds is 13. The van der Waals surface area contributed by atoms with Crippen LogP contribution in [0.4, 0.5) is 0 Å². The number of benzene rings is 2. The molecule has 0 unspecified atom stereocenters. The van der Waals surface area contributed by atoms with Crippen molar-refractivity contribution >= 4 is 23.6 Å². The molecule has 1 N–H and O–H groups in total. The molecule has 5 nitrogen and oxygen atoms in total. The lowest BCUT2D eigenvalue weighted by atomic mass is 10.1. The zero-order chi connectivity index (χ0) is 22.5. The lowest BCUT2D eigenvalue weighted by molar-refractivity contribution is -0.139. The fourth-order valence-corrected chi connectivity index (χ4v) is 4.18. The molecular formula is C25H34N2O3S. The molecule has 0 radical (unpaired) electrons. The van der Waals surface area contributed by atoms with Gasteiger partial charge < -0.3 is 15.0 Å². The summed E-state index contributed by atoms with van der Waals surface area (Å²) in [6.07, 6.45) is 2.51. The van der Waals surface area contributed by atoms with Gasteiger partial charge in [0.2, 0.25) is 11.8 Å². The number of methoxy groups -OCH3 is 1. The summed E-state index contributed by atoms with van der Waals surface area (Å²) in [6.45, 7) is 5.05. The molecule has 31 heavy (non-hydrogen) atoms. The van der Waals surface area contributed by atoms with Crippen LogP contribution < -0.4 is 10.1 Å². The Morgan fingerprint density at radius 2 is 1.81 bits per heavy atom. The van der Waals surface area contributed by atoms with Gasteiger partial charge in [0.25, 0.3) is 0 Å². The van der Waals surface area contributed by atoms with Crippen LogP contribution in [0.1, 0.15) is 44.2 Å². The smallest absolute Gasteiger partial charge is 0.242 e. The molecule has 0 aliphatic heterocycles. The van der Waals surface area contributed by atoms with Gasteiger partial charge in [-0.05, 0) is 36.1 Å². The third-order valence-corrected chi connectivity index (χ3v) is 6.03. The maximum absolute atomic E-state index is 13.2. The summed E-state index contributed by atoms with van der Waals surface area (Å²) in [7, 11) is 1.62. The number of amides is 2. The number of carbonyl (C=O) groups excluding carboxylic acids is 2. The van der Waals surface area contributed by atoms with E-state index in [1.54, 1.807) is 23.8 Å². The van der Waals surface area contributed by atoms with Crippen molar-refractivity contribution < 1.29 is 14.3 Å². The molecule has 6 heteroatoms. The molecule has 2 rings (SSSR count). The zero-order valence-corrected chi connectivity index (χ0v) is 19.6. The van der Waals surface area contributed by atoms with Gasteiger partial charge in [0.05, 0.1) is 12.9 Å². The molecule has 0 bridgehead atoms. The summed E-state index contributed by atoms with van der Waals surface area (Å²) < 4.78 is 5.32. The van der Waals surface area contributed by atoms with Crippen molar-refractivity contribution in [2.75, 3.05) is 19.4 Å². The Hall–Kier alpha value is -2.47.